The van der Waals surface area contributed by atoms with Crippen LogP contribution in [0.25, 0.3) is 0 Å². The van der Waals surface area contributed by atoms with Crippen LogP contribution in [0.3, 0.4) is 0 Å². The molecule has 0 saturated carbocycles. The van der Waals surface area contributed by atoms with E-state index in [1.165, 1.54) is 0 Å². The molecule has 1 aromatic rings. The summed E-state index contributed by atoms with van der Waals surface area (Å²) in [5.41, 5.74) is 0.998. The Bertz CT molecular complexity index is 491. The van der Waals surface area contributed by atoms with E-state index in [9.17, 15) is 9.59 Å². The molecule has 0 bridgehead atoms. The Kier molecular flexibility index (Phi) is 6.82. The predicted molar refractivity (Wildman–Crippen MR) is 79.3 cm³/mol. The Morgan fingerprint density at radius 1 is 1.30 bits per heavy atom. The summed E-state index contributed by atoms with van der Waals surface area (Å²) in [7, 11) is 0. The Labute approximate surface area is 128 Å². The van der Waals surface area contributed by atoms with Gasteiger partial charge in [0.15, 0.2) is 0 Å². The zero-order valence-corrected chi connectivity index (χ0v) is 12.7. The fourth-order valence-electron chi connectivity index (χ4n) is 1.75. The maximum absolute atomic E-state index is 11.6. The van der Waals surface area contributed by atoms with Gasteiger partial charge < -0.3 is 10.4 Å². The number of amides is 1. The van der Waals surface area contributed by atoms with E-state index in [2.05, 4.69) is 5.32 Å². The van der Waals surface area contributed by atoms with E-state index in [1.807, 2.05) is 6.07 Å². The van der Waals surface area contributed by atoms with Gasteiger partial charge in [-0.05, 0) is 37.0 Å². The van der Waals surface area contributed by atoms with Crippen LogP contribution in [0.15, 0.2) is 18.2 Å². The third-order valence-electron chi connectivity index (χ3n) is 2.89. The van der Waals surface area contributed by atoms with Crippen molar-refractivity contribution < 1.29 is 14.7 Å². The van der Waals surface area contributed by atoms with Crippen LogP contribution in [0.4, 0.5) is 0 Å². The quantitative estimate of drug-likeness (QED) is 0.810. The van der Waals surface area contributed by atoms with Gasteiger partial charge >= 0.3 is 5.97 Å². The highest BCUT2D eigenvalue weighted by atomic mass is 35.5. The second kappa shape index (κ2) is 8.12. The minimum absolute atomic E-state index is 0.251. The van der Waals surface area contributed by atoms with Gasteiger partial charge in [0.1, 0.15) is 6.04 Å². The molecule has 20 heavy (non-hydrogen) atoms. The maximum atomic E-state index is 11.6. The van der Waals surface area contributed by atoms with Crippen molar-refractivity contribution in [1.29, 1.82) is 0 Å². The van der Waals surface area contributed by atoms with Gasteiger partial charge in [-0.2, -0.15) is 0 Å². The summed E-state index contributed by atoms with van der Waals surface area (Å²) in [4.78, 5) is 22.4. The van der Waals surface area contributed by atoms with Gasteiger partial charge in [-0.25, -0.2) is 4.79 Å². The smallest absolute Gasteiger partial charge is 0.326 e. The Hall–Kier alpha value is -1.26. The zero-order valence-electron chi connectivity index (χ0n) is 11.2. The molecular formula is C14H17Cl2NO3. The lowest BCUT2D eigenvalue weighted by Gasteiger charge is -2.12. The zero-order chi connectivity index (χ0) is 15.1. The third kappa shape index (κ3) is 5.39. The van der Waals surface area contributed by atoms with Crippen LogP contribution in [0.5, 0.6) is 0 Å². The molecule has 6 heteroatoms. The van der Waals surface area contributed by atoms with Gasteiger partial charge in [-0.1, -0.05) is 36.2 Å². The van der Waals surface area contributed by atoms with E-state index in [1.54, 1.807) is 19.1 Å². The SMILES string of the molecule is CCC(NC(=O)CCCc1ccc(Cl)c(Cl)c1)C(=O)O. The molecule has 0 heterocycles. The lowest BCUT2D eigenvalue weighted by Crippen LogP contribution is -2.40. The average molecular weight is 318 g/mol. The van der Waals surface area contributed by atoms with Crippen LogP contribution in [0.1, 0.15) is 31.7 Å². The van der Waals surface area contributed by atoms with E-state index in [0.29, 0.717) is 29.3 Å². The summed E-state index contributed by atoms with van der Waals surface area (Å²) in [5, 5.41) is 12.3. The van der Waals surface area contributed by atoms with Crippen molar-refractivity contribution >= 4 is 35.1 Å². The Morgan fingerprint density at radius 3 is 2.55 bits per heavy atom. The standard InChI is InChI=1S/C14H17Cl2NO3/c1-2-12(14(19)20)17-13(18)5-3-4-9-6-7-10(15)11(16)8-9/h6-8,12H,2-5H2,1H3,(H,17,18)(H,19,20). The summed E-state index contributed by atoms with van der Waals surface area (Å²) in [6.07, 6.45) is 1.96. The van der Waals surface area contributed by atoms with Crippen molar-refractivity contribution in [1.82, 2.24) is 5.32 Å². The van der Waals surface area contributed by atoms with E-state index in [0.717, 1.165) is 5.56 Å². The molecule has 0 aliphatic heterocycles. The number of carboxylic acid groups (broad SMARTS) is 1. The highest BCUT2D eigenvalue weighted by Crippen LogP contribution is 2.23. The largest absolute Gasteiger partial charge is 0.480 e. The van der Waals surface area contributed by atoms with Crippen molar-refractivity contribution in [3.63, 3.8) is 0 Å². The molecule has 0 aliphatic rings. The van der Waals surface area contributed by atoms with E-state index < -0.39 is 12.0 Å². The first-order valence-electron chi connectivity index (χ1n) is 6.40. The van der Waals surface area contributed by atoms with Gasteiger partial charge in [-0.15, -0.1) is 0 Å². The first-order valence-corrected chi connectivity index (χ1v) is 7.15. The fraction of sp³-hybridized carbons (Fsp3) is 0.429. The number of aryl methyl sites for hydroxylation is 1. The van der Waals surface area contributed by atoms with Crippen molar-refractivity contribution in [2.24, 2.45) is 0 Å². The number of benzene rings is 1. The van der Waals surface area contributed by atoms with Crippen molar-refractivity contribution in [2.45, 2.75) is 38.6 Å². The van der Waals surface area contributed by atoms with E-state index in [-0.39, 0.29) is 12.3 Å². The second-order valence-electron chi connectivity index (χ2n) is 4.47. The van der Waals surface area contributed by atoms with Gasteiger partial charge in [-0.3, -0.25) is 4.79 Å². The topological polar surface area (TPSA) is 66.4 Å². The van der Waals surface area contributed by atoms with Gasteiger partial charge in [0.25, 0.3) is 0 Å². The molecule has 0 radical (unpaired) electrons. The summed E-state index contributed by atoms with van der Waals surface area (Å²) < 4.78 is 0. The normalized spacial score (nSPS) is 11.9. The number of carboxylic acids is 1. The molecule has 0 aromatic heterocycles. The highest BCUT2D eigenvalue weighted by Gasteiger charge is 2.16. The number of carbonyl (C=O) groups is 2. The number of halogens is 2. The minimum atomic E-state index is -1.01. The molecule has 1 atom stereocenters. The summed E-state index contributed by atoms with van der Waals surface area (Å²) in [6, 6.07) is 4.54. The molecule has 0 fully saturated rings. The molecule has 0 spiro atoms. The predicted octanol–water partition coefficient (Wildman–Crippen LogP) is 3.30. The fourth-order valence-corrected chi connectivity index (χ4v) is 2.07. The molecule has 1 rings (SSSR count). The Balaban J connectivity index is 2.38. The average Bonchev–Trinajstić information content (AvgIpc) is 2.39. The van der Waals surface area contributed by atoms with Gasteiger partial charge in [0.05, 0.1) is 10.0 Å². The van der Waals surface area contributed by atoms with Crippen LogP contribution >= 0.6 is 23.2 Å². The third-order valence-corrected chi connectivity index (χ3v) is 3.63. The number of hydrogen-bond donors (Lipinski definition) is 2. The number of nitrogens with one attached hydrogen (secondary N) is 1. The summed E-state index contributed by atoms with van der Waals surface area (Å²) in [5.74, 6) is -1.26. The van der Waals surface area contributed by atoms with Crippen LogP contribution < -0.4 is 5.32 Å². The van der Waals surface area contributed by atoms with Crippen LogP contribution in [0.2, 0.25) is 10.0 Å². The molecule has 0 aliphatic carbocycles. The van der Waals surface area contributed by atoms with Crippen LogP contribution in [-0.2, 0) is 16.0 Å². The van der Waals surface area contributed by atoms with E-state index >= 15 is 0 Å². The lowest BCUT2D eigenvalue weighted by molar-refractivity contribution is -0.141. The number of hydrogen-bond acceptors (Lipinski definition) is 2. The van der Waals surface area contributed by atoms with Crippen molar-refractivity contribution in [3.8, 4) is 0 Å². The Morgan fingerprint density at radius 2 is 2.00 bits per heavy atom. The first-order chi connectivity index (χ1) is 9.43. The molecule has 4 nitrogen and oxygen atoms in total. The maximum Gasteiger partial charge on any atom is 0.326 e. The number of aliphatic carboxylic acids is 1. The summed E-state index contributed by atoms with van der Waals surface area (Å²) >= 11 is 11.7. The van der Waals surface area contributed by atoms with Crippen molar-refractivity contribution in [3.05, 3.63) is 33.8 Å². The molecule has 1 unspecified atom stereocenters. The van der Waals surface area contributed by atoms with Crippen molar-refractivity contribution in [2.75, 3.05) is 0 Å². The highest BCUT2D eigenvalue weighted by molar-refractivity contribution is 6.42. The minimum Gasteiger partial charge on any atom is -0.480 e. The number of carbonyl (C=O) groups excluding carboxylic acids is 1. The monoisotopic (exact) mass is 317 g/mol. The van der Waals surface area contributed by atoms with E-state index in [4.69, 9.17) is 28.3 Å². The van der Waals surface area contributed by atoms with Crippen LogP contribution in [-0.4, -0.2) is 23.0 Å². The first kappa shape index (κ1) is 16.8. The molecular weight excluding hydrogens is 301 g/mol. The van der Waals surface area contributed by atoms with Crippen LogP contribution in [0, 0.1) is 0 Å². The molecule has 110 valence electrons. The molecule has 2 N–H and O–H groups in total. The van der Waals surface area contributed by atoms with Gasteiger partial charge in [0.2, 0.25) is 5.91 Å². The summed E-state index contributed by atoms with van der Waals surface area (Å²) in [6.45, 7) is 1.72. The second-order valence-corrected chi connectivity index (χ2v) is 5.28. The lowest BCUT2D eigenvalue weighted by atomic mass is 10.1. The molecule has 1 amide bonds. The molecule has 1 aromatic carbocycles. The van der Waals surface area contributed by atoms with Gasteiger partial charge in [0, 0.05) is 6.42 Å². The number of rotatable bonds is 7. The molecule has 0 saturated heterocycles.